The second kappa shape index (κ2) is 7.81. The molecule has 1 amide bonds. The molecule has 1 unspecified atom stereocenters. The molecule has 1 saturated carbocycles. The topological polar surface area (TPSA) is 64.6 Å². The summed E-state index contributed by atoms with van der Waals surface area (Å²) in [7, 11) is 3.26. The molecule has 1 aliphatic carbocycles. The van der Waals surface area contributed by atoms with Gasteiger partial charge in [0.05, 0.1) is 18.8 Å². The molecule has 0 radical (unpaired) electrons. The number of amides is 1. The van der Waals surface area contributed by atoms with E-state index in [9.17, 15) is 9.59 Å². The van der Waals surface area contributed by atoms with Crippen LogP contribution in [0.5, 0.6) is 5.75 Å². The lowest BCUT2D eigenvalue weighted by Gasteiger charge is -2.35. The van der Waals surface area contributed by atoms with Crippen LogP contribution in [0.15, 0.2) is 42.5 Å². The third-order valence-corrected chi connectivity index (χ3v) is 6.52. The summed E-state index contributed by atoms with van der Waals surface area (Å²) in [5.74, 6) is -0.679. The van der Waals surface area contributed by atoms with Crippen molar-refractivity contribution < 1.29 is 19.1 Å². The average Bonchev–Trinajstić information content (AvgIpc) is 2.98. The Balaban J connectivity index is 1.73. The Bertz CT molecular complexity index is 935. The second-order valence-corrected chi connectivity index (χ2v) is 8.15. The van der Waals surface area contributed by atoms with Gasteiger partial charge in [0.15, 0.2) is 5.78 Å². The van der Waals surface area contributed by atoms with Gasteiger partial charge in [-0.15, -0.1) is 0 Å². The Morgan fingerprint density at radius 1 is 1.07 bits per heavy atom. The molecule has 2 aromatic rings. The van der Waals surface area contributed by atoms with Crippen LogP contribution in [0.2, 0.25) is 5.02 Å². The lowest BCUT2D eigenvalue weighted by molar-refractivity contribution is -0.126. The van der Waals surface area contributed by atoms with Crippen LogP contribution in [0.3, 0.4) is 0 Å². The number of nitrogens with one attached hydrogen (secondary N) is 1. The van der Waals surface area contributed by atoms with Gasteiger partial charge in [0.1, 0.15) is 11.7 Å². The number of carbonyl (C=O) groups excluding carboxylic acids is 2. The van der Waals surface area contributed by atoms with E-state index in [1.54, 1.807) is 20.3 Å². The molecule has 0 aromatic heterocycles. The van der Waals surface area contributed by atoms with Gasteiger partial charge in [-0.3, -0.25) is 9.59 Å². The van der Waals surface area contributed by atoms with E-state index < -0.39 is 11.5 Å². The maximum absolute atomic E-state index is 13.4. The molecule has 1 spiro atoms. The predicted octanol–water partition coefficient (Wildman–Crippen LogP) is 4.13. The third-order valence-electron chi connectivity index (χ3n) is 6.19. The number of hydrogen-bond acceptors (Lipinski definition) is 4. The van der Waals surface area contributed by atoms with Gasteiger partial charge in [-0.2, -0.15) is 0 Å². The first-order valence-electron chi connectivity index (χ1n) is 9.81. The summed E-state index contributed by atoms with van der Waals surface area (Å²) < 4.78 is 10.9. The predicted molar refractivity (Wildman–Crippen MR) is 111 cm³/mol. The Kier molecular flexibility index (Phi) is 5.36. The Labute approximate surface area is 175 Å². The number of methoxy groups -OCH3 is 2. The number of ether oxygens (including phenoxy) is 2. The Morgan fingerprint density at radius 3 is 2.38 bits per heavy atom. The largest absolute Gasteiger partial charge is 0.496 e. The number of carbonyl (C=O) groups is 2. The molecule has 2 aromatic carbocycles. The van der Waals surface area contributed by atoms with Crippen molar-refractivity contribution in [3.63, 3.8) is 0 Å². The van der Waals surface area contributed by atoms with Gasteiger partial charge in [0.25, 0.3) is 0 Å². The minimum atomic E-state index is -0.907. The van der Waals surface area contributed by atoms with Crippen molar-refractivity contribution in [2.75, 3.05) is 14.2 Å². The molecule has 2 fully saturated rings. The van der Waals surface area contributed by atoms with Gasteiger partial charge in [0, 0.05) is 17.7 Å². The maximum atomic E-state index is 13.4. The minimum absolute atomic E-state index is 0.0943. The summed E-state index contributed by atoms with van der Waals surface area (Å²) in [6, 6.07) is 13.2. The van der Waals surface area contributed by atoms with Crippen molar-refractivity contribution >= 4 is 23.3 Å². The van der Waals surface area contributed by atoms with Crippen molar-refractivity contribution in [2.45, 2.75) is 43.2 Å². The van der Waals surface area contributed by atoms with E-state index in [-0.39, 0.29) is 17.8 Å². The molecule has 6 heteroatoms. The highest BCUT2D eigenvalue weighted by Gasteiger charge is 2.54. The van der Waals surface area contributed by atoms with E-state index >= 15 is 0 Å². The summed E-state index contributed by atoms with van der Waals surface area (Å²) in [6.07, 6.45) is 2.82. The summed E-state index contributed by atoms with van der Waals surface area (Å²) >= 11 is 6.52. The fourth-order valence-corrected chi connectivity index (χ4v) is 4.81. The maximum Gasteiger partial charge on any atom is 0.236 e. The smallest absolute Gasteiger partial charge is 0.236 e. The highest BCUT2D eigenvalue weighted by molar-refractivity contribution is 6.33. The molecule has 5 nitrogen and oxygen atoms in total. The van der Waals surface area contributed by atoms with E-state index in [1.165, 1.54) is 0 Å². The average molecular weight is 414 g/mol. The van der Waals surface area contributed by atoms with Crippen LogP contribution in [0, 0.1) is 0 Å². The number of ketones is 1. The molecule has 29 heavy (non-hydrogen) atoms. The monoisotopic (exact) mass is 413 g/mol. The first kappa shape index (κ1) is 19.9. The van der Waals surface area contributed by atoms with E-state index in [2.05, 4.69) is 5.32 Å². The normalized spacial score (nSPS) is 26.6. The number of Topliss-reactive ketones (excluding diaryl/α,β-unsaturated/α-hetero) is 1. The van der Waals surface area contributed by atoms with Crippen molar-refractivity contribution in [3.05, 3.63) is 53.1 Å². The van der Waals surface area contributed by atoms with Crippen LogP contribution >= 0.6 is 11.6 Å². The standard InChI is InChI=1S/C23H24ClNO4/c1-28-15-8-10-23(11-9-15)21(26)20(22(27)25-23)17-12-16(14-6-4-3-5-7-14)19(29-2)13-18(17)24/h3-7,12-13,15,20H,8-11H2,1-2H3,(H,25,27). The molecule has 1 N–H and O–H groups in total. The summed E-state index contributed by atoms with van der Waals surface area (Å²) in [5.41, 5.74) is 1.45. The Hall–Kier alpha value is -2.37. The first-order valence-corrected chi connectivity index (χ1v) is 10.2. The van der Waals surface area contributed by atoms with Gasteiger partial charge < -0.3 is 14.8 Å². The molecule has 1 saturated heterocycles. The van der Waals surface area contributed by atoms with Gasteiger partial charge >= 0.3 is 0 Å². The van der Waals surface area contributed by atoms with E-state index in [0.29, 0.717) is 29.2 Å². The molecule has 152 valence electrons. The quantitative estimate of drug-likeness (QED) is 0.765. The van der Waals surface area contributed by atoms with Gasteiger partial charge in [-0.25, -0.2) is 0 Å². The fourth-order valence-electron chi connectivity index (χ4n) is 4.54. The molecule has 1 aliphatic heterocycles. The number of rotatable bonds is 4. The summed E-state index contributed by atoms with van der Waals surface area (Å²) in [5, 5.41) is 3.35. The lowest BCUT2D eigenvalue weighted by atomic mass is 9.75. The van der Waals surface area contributed by atoms with Gasteiger partial charge in [-0.1, -0.05) is 41.9 Å². The van der Waals surface area contributed by atoms with Crippen molar-refractivity contribution in [3.8, 4) is 16.9 Å². The first-order chi connectivity index (χ1) is 14.0. The van der Waals surface area contributed by atoms with Crippen LogP contribution in [0.1, 0.15) is 37.2 Å². The van der Waals surface area contributed by atoms with Crippen LogP contribution in [-0.2, 0) is 14.3 Å². The zero-order chi connectivity index (χ0) is 20.6. The highest BCUT2D eigenvalue weighted by Crippen LogP contribution is 2.44. The highest BCUT2D eigenvalue weighted by atomic mass is 35.5. The van der Waals surface area contributed by atoms with Crippen molar-refractivity contribution in [1.29, 1.82) is 0 Å². The van der Waals surface area contributed by atoms with Crippen LogP contribution in [-0.4, -0.2) is 37.6 Å². The number of halogens is 1. The molecule has 1 heterocycles. The third kappa shape index (κ3) is 3.43. The van der Waals surface area contributed by atoms with Crippen LogP contribution in [0.25, 0.3) is 11.1 Å². The SMILES string of the molecule is COc1cc(Cl)c(C2C(=O)NC3(CCC(OC)CC3)C2=O)cc1-c1ccccc1. The molecular weight excluding hydrogens is 390 g/mol. The minimum Gasteiger partial charge on any atom is -0.496 e. The molecular formula is C23H24ClNO4. The lowest BCUT2D eigenvalue weighted by Crippen LogP contribution is -2.50. The van der Waals surface area contributed by atoms with E-state index in [4.69, 9.17) is 21.1 Å². The number of hydrogen-bond donors (Lipinski definition) is 1. The summed E-state index contributed by atoms with van der Waals surface area (Å²) in [4.78, 5) is 26.3. The second-order valence-electron chi connectivity index (χ2n) is 7.74. The zero-order valence-corrected chi connectivity index (χ0v) is 17.3. The molecule has 4 rings (SSSR count). The number of benzene rings is 2. The van der Waals surface area contributed by atoms with E-state index in [0.717, 1.165) is 24.0 Å². The van der Waals surface area contributed by atoms with E-state index in [1.807, 2.05) is 36.4 Å². The van der Waals surface area contributed by atoms with Gasteiger partial charge in [0.2, 0.25) is 5.91 Å². The summed E-state index contributed by atoms with van der Waals surface area (Å²) in [6.45, 7) is 0. The Morgan fingerprint density at radius 2 is 1.76 bits per heavy atom. The molecule has 0 bridgehead atoms. The van der Waals surface area contributed by atoms with Crippen LogP contribution in [0.4, 0.5) is 0 Å². The van der Waals surface area contributed by atoms with Crippen molar-refractivity contribution in [1.82, 2.24) is 5.32 Å². The van der Waals surface area contributed by atoms with Gasteiger partial charge in [-0.05, 0) is 48.9 Å². The molecule has 1 atom stereocenters. The van der Waals surface area contributed by atoms with Crippen molar-refractivity contribution in [2.24, 2.45) is 0 Å². The molecule has 2 aliphatic rings. The zero-order valence-electron chi connectivity index (χ0n) is 16.5. The fraction of sp³-hybridized carbons (Fsp3) is 0.391. The van der Waals surface area contributed by atoms with Crippen LogP contribution < -0.4 is 10.1 Å².